The summed E-state index contributed by atoms with van der Waals surface area (Å²) in [5.74, 6) is 1.61. The first kappa shape index (κ1) is 17.5. The molecule has 0 amide bonds. The predicted molar refractivity (Wildman–Crippen MR) is 121 cm³/mol. The molecule has 0 unspecified atom stereocenters. The molecule has 4 heteroatoms. The zero-order valence-corrected chi connectivity index (χ0v) is 16.4. The van der Waals surface area contributed by atoms with Crippen molar-refractivity contribution in [1.29, 1.82) is 5.41 Å². The lowest BCUT2D eigenvalue weighted by Crippen LogP contribution is -1.99. The predicted octanol–water partition coefficient (Wildman–Crippen LogP) is 6.53. The van der Waals surface area contributed by atoms with Crippen molar-refractivity contribution < 1.29 is 4.74 Å². The number of hydrogen-bond donors (Lipinski definition) is 2. The molecule has 0 spiro atoms. The van der Waals surface area contributed by atoms with Gasteiger partial charge in [-0.1, -0.05) is 42.5 Å². The number of benzene rings is 4. The number of anilines is 1. The van der Waals surface area contributed by atoms with E-state index in [9.17, 15) is 0 Å². The van der Waals surface area contributed by atoms with Gasteiger partial charge in [0.2, 0.25) is 0 Å². The maximum absolute atomic E-state index is 8.00. The molecule has 1 aliphatic carbocycles. The quantitative estimate of drug-likeness (QED) is 0.270. The molecule has 0 fully saturated rings. The highest BCUT2D eigenvalue weighted by Crippen LogP contribution is 2.43. The van der Waals surface area contributed by atoms with Crippen LogP contribution in [0.3, 0.4) is 0 Å². The molecule has 3 nitrogen and oxygen atoms in total. The van der Waals surface area contributed by atoms with Gasteiger partial charge in [-0.25, -0.2) is 0 Å². The summed E-state index contributed by atoms with van der Waals surface area (Å²) in [6.45, 7) is 0. The van der Waals surface area contributed by atoms with Crippen LogP contribution in [-0.2, 0) is 0 Å². The van der Waals surface area contributed by atoms with E-state index in [0.29, 0.717) is 5.36 Å². The Labute approximate surface area is 172 Å². The Morgan fingerprint density at radius 2 is 1.52 bits per heavy atom. The molecule has 3 aromatic rings. The highest BCUT2D eigenvalue weighted by Gasteiger charge is 2.15. The number of hydrogen-bond acceptors (Lipinski definition) is 4. The molecule has 0 atom stereocenters. The second-order valence-corrected chi connectivity index (χ2v) is 7.97. The normalized spacial score (nSPS) is 11.0. The Balaban J connectivity index is 1.66. The lowest BCUT2D eigenvalue weighted by Gasteiger charge is -2.16. The van der Waals surface area contributed by atoms with Crippen LogP contribution in [0.25, 0.3) is 31.7 Å². The van der Waals surface area contributed by atoms with Gasteiger partial charge < -0.3 is 15.9 Å². The van der Waals surface area contributed by atoms with Crippen LogP contribution in [-0.4, -0.2) is 0 Å². The second-order valence-electron chi connectivity index (χ2n) is 6.88. The summed E-state index contributed by atoms with van der Waals surface area (Å²) in [5, 5.41) is 9.67. The Hall–Kier alpha value is -3.63. The molecule has 0 saturated carbocycles. The van der Waals surface area contributed by atoms with Crippen molar-refractivity contribution in [3.05, 3.63) is 96.4 Å². The van der Waals surface area contributed by atoms with E-state index in [1.54, 1.807) is 11.3 Å². The van der Waals surface area contributed by atoms with Gasteiger partial charge in [-0.2, -0.15) is 0 Å². The minimum atomic E-state index is 0.509. The summed E-state index contributed by atoms with van der Waals surface area (Å²) in [6, 6.07) is 29.7. The topological polar surface area (TPSA) is 59.1 Å². The van der Waals surface area contributed by atoms with Gasteiger partial charge in [0.05, 0.1) is 5.36 Å². The summed E-state index contributed by atoms with van der Waals surface area (Å²) in [7, 11) is 0. The third kappa shape index (κ3) is 3.35. The standard InChI is InChI=1S/C25H18N2OS/c26-17-8-12-21-23(14-17)29-24-15-18(27)9-13-22(24)25(21)16-6-10-20(11-7-16)28-19-4-2-1-3-5-19/h1-15,26H,27H2. The van der Waals surface area contributed by atoms with Crippen molar-refractivity contribution >= 4 is 27.1 Å². The van der Waals surface area contributed by atoms with Crippen molar-refractivity contribution in [2.24, 2.45) is 0 Å². The Morgan fingerprint density at radius 3 is 2.31 bits per heavy atom. The van der Waals surface area contributed by atoms with Crippen LogP contribution in [0, 0.1) is 5.41 Å². The van der Waals surface area contributed by atoms with Crippen molar-refractivity contribution in [3.63, 3.8) is 0 Å². The first-order valence-corrected chi connectivity index (χ1v) is 10.1. The maximum atomic E-state index is 8.00. The second kappa shape index (κ2) is 7.08. The van der Waals surface area contributed by atoms with Gasteiger partial charge in [-0.3, -0.25) is 0 Å². The lowest BCUT2D eigenvalue weighted by atomic mass is 9.95. The van der Waals surface area contributed by atoms with E-state index < -0.39 is 0 Å². The minimum Gasteiger partial charge on any atom is -0.457 e. The molecule has 3 aromatic carbocycles. The van der Waals surface area contributed by atoms with E-state index in [1.807, 2.05) is 72.8 Å². The third-order valence-corrected chi connectivity index (χ3v) is 5.98. The molecule has 1 aliphatic heterocycles. The molecule has 2 aliphatic rings. The molecule has 140 valence electrons. The van der Waals surface area contributed by atoms with E-state index >= 15 is 0 Å². The Bertz CT molecular complexity index is 1340. The molecular formula is C25H18N2OS. The Kier molecular flexibility index (Phi) is 4.26. The monoisotopic (exact) mass is 394 g/mol. The van der Waals surface area contributed by atoms with Gasteiger partial charge >= 0.3 is 0 Å². The highest BCUT2D eigenvalue weighted by molar-refractivity contribution is 7.21. The minimum absolute atomic E-state index is 0.509. The van der Waals surface area contributed by atoms with E-state index in [1.165, 1.54) is 0 Å². The molecule has 0 aromatic heterocycles. The zero-order valence-electron chi connectivity index (χ0n) is 15.6. The first-order chi connectivity index (χ1) is 14.2. The molecule has 1 heterocycles. The maximum Gasteiger partial charge on any atom is 0.127 e. The molecule has 0 saturated heterocycles. The van der Waals surface area contributed by atoms with Gasteiger partial charge in [0.25, 0.3) is 0 Å². The molecule has 0 bridgehead atoms. The van der Waals surface area contributed by atoms with Crippen LogP contribution >= 0.6 is 11.3 Å². The van der Waals surface area contributed by atoms with E-state index in [4.69, 9.17) is 15.9 Å². The van der Waals surface area contributed by atoms with Crippen molar-refractivity contribution in [2.75, 3.05) is 5.73 Å². The van der Waals surface area contributed by atoms with Crippen molar-refractivity contribution in [1.82, 2.24) is 0 Å². The number of rotatable bonds is 3. The number of nitrogens with two attached hydrogens (primary N) is 1. The summed E-state index contributed by atoms with van der Waals surface area (Å²) in [5.41, 5.74) is 10.2. The van der Waals surface area contributed by atoms with Crippen LogP contribution < -0.4 is 15.8 Å². The fraction of sp³-hybridized carbons (Fsp3) is 0. The van der Waals surface area contributed by atoms with Crippen molar-refractivity contribution in [2.45, 2.75) is 0 Å². The van der Waals surface area contributed by atoms with Gasteiger partial charge in [-0.15, -0.1) is 11.3 Å². The van der Waals surface area contributed by atoms with Crippen LogP contribution in [0.5, 0.6) is 11.5 Å². The van der Waals surface area contributed by atoms with Crippen molar-refractivity contribution in [3.8, 4) is 33.1 Å². The summed E-state index contributed by atoms with van der Waals surface area (Å²) < 4.78 is 7.05. The van der Waals surface area contributed by atoms with Gasteiger partial charge in [0.1, 0.15) is 11.5 Å². The zero-order chi connectivity index (χ0) is 19.8. The summed E-state index contributed by atoms with van der Waals surface area (Å²) in [6.07, 6.45) is 0. The third-order valence-electron chi connectivity index (χ3n) is 4.87. The molecule has 29 heavy (non-hydrogen) atoms. The summed E-state index contributed by atoms with van der Waals surface area (Å²) >= 11 is 1.67. The largest absolute Gasteiger partial charge is 0.457 e. The average molecular weight is 394 g/mol. The summed E-state index contributed by atoms with van der Waals surface area (Å²) in [4.78, 5) is 1.08. The Morgan fingerprint density at radius 1 is 0.759 bits per heavy atom. The number of nitrogens with one attached hydrogen (secondary N) is 1. The first-order valence-electron chi connectivity index (χ1n) is 9.31. The fourth-order valence-corrected chi connectivity index (χ4v) is 4.71. The fourth-order valence-electron chi connectivity index (χ4n) is 3.53. The van der Waals surface area contributed by atoms with Crippen LogP contribution in [0.2, 0.25) is 0 Å². The number of fused-ring (bicyclic) bond motifs is 2. The smallest absolute Gasteiger partial charge is 0.127 e. The number of nitrogen functional groups attached to an aromatic ring is 1. The van der Waals surface area contributed by atoms with E-state index in [2.05, 4.69) is 18.2 Å². The van der Waals surface area contributed by atoms with Crippen LogP contribution in [0.15, 0.2) is 91.0 Å². The van der Waals surface area contributed by atoms with Gasteiger partial charge in [0.15, 0.2) is 0 Å². The lowest BCUT2D eigenvalue weighted by molar-refractivity contribution is 0.483. The highest BCUT2D eigenvalue weighted by atomic mass is 32.1. The van der Waals surface area contributed by atoms with Gasteiger partial charge in [-0.05, 0) is 59.7 Å². The average Bonchev–Trinajstić information content (AvgIpc) is 2.73. The molecule has 3 N–H and O–H groups in total. The number of ether oxygens (including phenoxy) is 1. The van der Waals surface area contributed by atoms with Gasteiger partial charge in [0, 0.05) is 26.2 Å². The van der Waals surface area contributed by atoms with Crippen LogP contribution in [0.1, 0.15) is 0 Å². The van der Waals surface area contributed by atoms with E-state index in [0.717, 1.165) is 48.8 Å². The molecule has 0 radical (unpaired) electrons. The molecular weight excluding hydrogens is 376 g/mol. The SMILES string of the molecule is N=c1ccc2c(-c3ccc(Oc4ccccc4)cc3)c3ccc(N)cc3sc-2c1. The van der Waals surface area contributed by atoms with Crippen LogP contribution in [0.4, 0.5) is 5.69 Å². The number of para-hydroxylation sites is 1. The molecule has 5 rings (SSSR count). The van der Waals surface area contributed by atoms with E-state index in [-0.39, 0.29) is 0 Å².